The number of rotatable bonds is 5. The summed E-state index contributed by atoms with van der Waals surface area (Å²) in [6.07, 6.45) is 0. The smallest absolute Gasteiger partial charge is 0.326 e. The number of carbonyl (C=O) groups is 2. The van der Waals surface area contributed by atoms with Gasteiger partial charge in [0.05, 0.1) is 10.6 Å². The van der Waals surface area contributed by atoms with Crippen molar-refractivity contribution in [2.75, 3.05) is 5.32 Å². The lowest BCUT2D eigenvalue weighted by molar-refractivity contribution is 0.0967. The Labute approximate surface area is 185 Å². The molecule has 0 heterocycles. The monoisotopic (exact) mass is 442 g/mol. The maximum atomic E-state index is 12.2. The summed E-state index contributed by atoms with van der Waals surface area (Å²) in [7, 11) is 0. The fourth-order valence-electron chi connectivity index (χ4n) is 2.96. The predicted octanol–water partition coefficient (Wildman–Crippen LogP) is 6.15. The molecule has 3 aromatic rings. The number of hydrogen-bond donors (Lipinski definition) is 2. The van der Waals surface area contributed by atoms with Gasteiger partial charge in [-0.3, -0.25) is 10.1 Å². The number of ether oxygens (including phenoxy) is 1. The van der Waals surface area contributed by atoms with E-state index in [1.807, 2.05) is 38.1 Å². The van der Waals surface area contributed by atoms with Crippen LogP contribution >= 0.6 is 23.2 Å². The highest BCUT2D eigenvalue weighted by molar-refractivity contribution is 6.34. The topological polar surface area (TPSA) is 67.4 Å². The fourth-order valence-corrected chi connectivity index (χ4v) is 3.31. The van der Waals surface area contributed by atoms with Crippen molar-refractivity contribution in [1.82, 2.24) is 5.32 Å². The van der Waals surface area contributed by atoms with Gasteiger partial charge >= 0.3 is 6.03 Å². The van der Waals surface area contributed by atoms with Gasteiger partial charge in [0.15, 0.2) is 0 Å². The van der Waals surface area contributed by atoms with Gasteiger partial charge in [-0.1, -0.05) is 47.5 Å². The SMILES string of the molecule is Cc1cc(NC(=O)NC(=O)c2ccccc2Cl)cc(C)c1OCc1ccc(Cl)cc1. The Morgan fingerprint density at radius 1 is 0.933 bits per heavy atom. The average molecular weight is 443 g/mol. The summed E-state index contributed by atoms with van der Waals surface area (Å²) in [5.41, 5.74) is 3.49. The summed E-state index contributed by atoms with van der Waals surface area (Å²) < 4.78 is 5.95. The summed E-state index contributed by atoms with van der Waals surface area (Å²) in [5, 5.41) is 5.89. The summed E-state index contributed by atoms with van der Waals surface area (Å²) in [5.74, 6) is 0.164. The molecule has 0 fully saturated rings. The first-order valence-electron chi connectivity index (χ1n) is 9.19. The zero-order valence-electron chi connectivity index (χ0n) is 16.5. The Morgan fingerprint density at radius 2 is 1.57 bits per heavy atom. The van der Waals surface area contributed by atoms with Crippen molar-refractivity contribution in [3.8, 4) is 5.75 Å². The van der Waals surface area contributed by atoms with Gasteiger partial charge in [0.2, 0.25) is 0 Å². The number of hydrogen-bond acceptors (Lipinski definition) is 3. The minimum absolute atomic E-state index is 0.229. The molecule has 5 nitrogen and oxygen atoms in total. The number of carbonyl (C=O) groups excluding carboxylic acids is 2. The zero-order valence-corrected chi connectivity index (χ0v) is 18.0. The number of amides is 3. The van der Waals surface area contributed by atoms with Crippen molar-refractivity contribution < 1.29 is 14.3 Å². The van der Waals surface area contributed by atoms with Crippen LogP contribution in [0.3, 0.4) is 0 Å². The Morgan fingerprint density at radius 3 is 2.20 bits per heavy atom. The van der Waals surface area contributed by atoms with E-state index in [1.165, 1.54) is 0 Å². The second-order valence-corrected chi connectivity index (χ2v) is 7.59. The molecule has 0 aliphatic rings. The van der Waals surface area contributed by atoms with E-state index in [2.05, 4.69) is 10.6 Å². The summed E-state index contributed by atoms with van der Waals surface area (Å²) in [6, 6.07) is 16.9. The Kier molecular flexibility index (Phi) is 6.98. The van der Waals surface area contributed by atoms with Gasteiger partial charge in [-0.2, -0.15) is 0 Å². The number of urea groups is 1. The fraction of sp³-hybridized carbons (Fsp3) is 0.130. The number of halogens is 2. The average Bonchev–Trinajstić information content (AvgIpc) is 2.69. The molecule has 0 aromatic heterocycles. The summed E-state index contributed by atoms with van der Waals surface area (Å²) in [4.78, 5) is 24.4. The number of imide groups is 1. The highest BCUT2D eigenvalue weighted by atomic mass is 35.5. The molecule has 0 aliphatic carbocycles. The number of nitrogens with one attached hydrogen (secondary N) is 2. The van der Waals surface area contributed by atoms with E-state index in [4.69, 9.17) is 27.9 Å². The summed E-state index contributed by atoms with van der Waals surface area (Å²) in [6.45, 7) is 4.18. The first-order valence-corrected chi connectivity index (χ1v) is 9.94. The van der Waals surface area contributed by atoms with Gasteiger partial charge < -0.3 is 10.1 Å². The lowest BCUT2D eigenvalue weighted by Gasteiger charge is -2.15. The van der Waals surface area contributed by atoms with E-state index < -0.39 is 11.9 Å². The molecule has 3 aromatic carbocycles. The maximum Gasteiger partial charge on any atom is 0.326 e. The molecule has 0 saturated carbocycles. The molecule has 0 aliphatic heterocycles. The molecular weight excluding hydrogens is 423 g/mol. The molecule has 154 valence electrons. The van der Waals surface area contributed by atoms with Gasteiger partial charge in [-0.15, -0.1) is 0 Å². The molecule has 0 spiro atoms. The van der Waals surface area contributed by atoms with Gasteiger partial charge in [0, 0.05) is 10.7 Å². The van der Waals surface area contributed by atoms with E-state index in [-0.39, 0.29) is 10.6 Å². The third-order valence-electron chi connectivity index (χ3n) is 4.36. The molecule has 3 rings (SSSR count). The third kappa shape index (κ3) is 5.53. The third-order valence-corrected chi connectivity index (χ3v) is 4.94. The largest absolute Gasteiger partial charge is 0.488 e. The molecule has 0 bridgehead atoms. The van der Waals surface area contributed by atoms with Crippen LogP contribution in [0.2, 0.25) is 10.0 Å². The van der Waals surface area contributed by atoms with Crippen LogP contribution in [0.1, 0.15) is 27.0 Å². The standard InChI is InChI=1S/C23H20Cl2N2O3/c1-14-11-18(26-23(29)27-22(28)19-5-3-4-6-20(19)25)12-15(2)21(14)30-13-16-7-9-17(24)10-8-16/h3-12H,13H2,1-2H3,(H2,26,27,28,29). The van der Waals surface area contributed by atoms with Crippen LogP contribution < -0.4 is 15.4 Å². The molecule has 0 radical (unpaired) electrons. The van der Waals surface area contributed by atoms with Crippen LogP contribution in [0.5, 0.6) is 5.75 Å². The lowest BCUT2D eigenvalue weighted by atomic mass is 10.1. The van der Waals surface area contributed by atoms with Crippen molar-refractivity contribution in [3.63, 3.8) is 0 Å². The van der Waals surface area contributed by atoms with E-state index in [9.17, 15) is 9.59 Å². The molecule has 3 amide bonds. The van der Waals surface area contributed by atoms with Crippen molar-refractivity contribution in [2.24, 2.45) is 0 Å². The second kappa shape index (κ2) is 9.65. The zero-order chi connectivity index (χ0) is 21.7. The molecule has 0 saturated heterocycles. The highest BCUT2D eigenvalue weighted by Gasteiger charge is 2.14. The Hall–Kier alpha value is -3.02. The van der Waals surface area contributed by atoms with Gasteiger partial charge in [-0.05, 0) is 66.9 Å². The van der Waals surface area contributed by atoms with Gasteiger partial charge in [0.1, 0.15) is 12.4 Å². The van der Waals surface area contributed by atoms with Crippen LogP contribution in [0.25, 0.3) is 0 Å². The minimum atomic E-state index is -0.645. The Bertz CT molecular complexity index is 1060. The quantitative estimate of drug-likeness (QED) is 0.497. The molecule has 0 atom stereocenters. The molecule has 30 heavy (non-hydrogen) atoms. The Balaban J connectivity index is 1.64. The lowest BCUT2D eigenvalue weighted by Crippen LogP contribution is -2.34. The van der Waals surface area contributed by atoms with Crippen LogP contribution in [0.15, 0.2) is 60.7 Å². The van der Waals surface area contributed by atoms with Gasteiger partial charge in [0.25, 0.3) is 5.91 Å². The second-order valence-electron chi connectivity index (χ2n) is 6.74. The van der Waals surface area contributed by atoms with Gasteiger partial charge in [-0.25, -0.2) is 4.79 Å². The minimum Gasteiger partial charge on any atom is -0.488 e. The number of benzene rings is 3. The van der Waals surface area contributed by atoms with Crippen molar-refractivity contribution in [1.29, 1.82) is 0 Å². The van der Waals surface area contributed by atoms with E-state index in [0.717, 1.165) is 22.4 Å². The highest BCUT2D eigenvalue weighted by Crippen LogP contribution is 2.28. The summed E-state index contributed by atoms with van der Waals surface area (Å²) >= 11 is 11.9. The van der Waals surface area contributed by atoms with Crippen LogP contribution in [-0.4, -0.2) is 11.9 Å². The molecule has 0 unspecified atom stereocenters. The molecule has 7 heteroatoms. The predicted molar refractivity (Wildman–Crippen MR) is 120 cm³/mol. The van der Waals surface area contributed by atoms with Crippen LogP contribution in [0.4, 0.5) is 10.5 Å². The van der Waals surface area contributed by atoms with E-state index >= 15 is 0 Å². The normalized spacial score (nSPS) is 10.4. The van der Waals surface area contributed by atoms with E-state index in [1.54, 1.807) is 36.4 Å². The van der Waals surface area contributed by atoms with Crippen LogP contribution in [0, 0.1) is 13.8 Å². The first kappa shape index (κ1) is 21.7. The molecular formula is C23H20Cl2N2O3. The van der Waals surface area contributed by atoms with E-state index in [0.29, 0.717) is 17.3 Å². The molecule has 2 N–H and O–H groups in total. The number of aryl methyl sites for hydroxylation is 2. The van der Waals surface area contributed by atoms with Crippen molar-refractivity contribution in [3.05, 3.63) is 93.0 Å². The first-order chi connectivity index (χ1) is 14.3. The number of anilines is 1. The maximum absolute atomic E-state index is 12.2. The van der Waals surface area contributed by atoms with Crippen molar-refractivity contribution >= 4 is 40.8 Å². The van der Waals surface area contributed by atoms with Crippen molar-refractivity contribution in [2.45, 2.75) is 20.5 Å². The van der Waals surface area contributed by atoms with Crippen LogP contribution in [-0.2, 0) is 6.61 Å².